The van der Waals surface area contributed by atoms with Gasteiger partial charge in [-0.2, -0.15) is 0 Å². The number of carbonyl (C=O) groups excluding carboxylic acids is 2. The molecule has 0 aliphatic heterocycles. The molecule has 7 nitrogen and oxygen atoms in total. The van der Waals surface area contributed by atoms with Gasteiger partial charge in [-0.3, -0.25) is 9.59 Å². The number of hydrogen-bond donors (Lipinski definition) is 3. The molecule has 1 atom stereocenters. The average molecular weight is 246 g/mol. The van der Waals surface area contributed by atoms with Gasteiger partial charge >= 0.3 is 5.97 Å². The lowest BCUT2D eigenvalue weighted by atomic mass is 10.1. The third-order valence-corrected chi connectivity index (χ3v) is 2.07. The lowest BCUT2D eigenvalue weighted by molar-refractivity contribution is -0.142. The number of hydrogen-bond acceptors (Lipinski definition) is 4. The van der Waals surface area contributed by atoms with Crippen LogP contribution in [-0.2, 0) is 19.1 Å². The maximum absolute atomic E-state index is 11.3. The quantitative estimate of drug-likeness (QED) is 0.462. The molecular formula is C10H18N2O5. The van der Waals surface area contributed by atoms with Crippen LogP contribution in [0.2, 0.25) is 0 Å². The summed E-state index contributed by atoms with van der Waals surface area (Å²) >= 11 is 0. The van der Waals surface area contributed by atoms with E-state index in [1.54, 1.807) is 0 Å². The monoisotopic (exact) mass is 246 g/mol. The molecule has 0 fully saturated rings. The van der Waals surface area contributed by atoms with Crippen molar-refractivity contribution in [1.82, 2.24) is 5.32 Å². The fraction of sp³-hybridized carbons (Fsp3) is 0.700. The third-order valence-electron chi connectivity index (χ3n) is 2.07. The zero-order chi connectivity index (χ0) is 13.3. The number of ether oxygens (including phenoxy) is 1. The summed E-state index contributed by atoms with van der Waals surface area (Å²) in [5.41, 5.74) is 4.91. The summed E-state index contributed by atoms with van der Waals surface area (Å²) in [5.74, 6) is -2.14. The Balaban J connectivity index is 4.02. The molecule has 2 amide bonds. The Bertz CT molecular complexity index is 280. The number of carbonyl (C=O) groups is 3. The Hall–Kier alpha value is -1.63. The first kappa shape index (κ1) is 15.4. The molecule has 0 spiro atoms. The largest absolute Gasteiger partial charge is 0.480 e. The van der Waals surface area contributed by atoms with E-state index in [4.69, 9.17) is 15.6 Å². The van der Waals surface area contributed by atoms with Crippen LogP contribution in [0.15, 0.2) is 0 Å². The van der Waals surface area contributed by atoms with Crippen molar-refractivity contribution < 1.29 is 24.2 Å². The van der Waals surface area contributed by atoms with Crippen molar-refractivity contribution in [3.63, 3.8) is 0 Å². The van der Waals surface area contributed by atoms with Gasteiger partial charge in [-0.15, -0.1) is 0 Å². The molecule has 0 radical (unpaired) electrons. The zero-order valence-corrected chi connectivity index (χ0v) is 9.77. The second-order valence-electron chi connectivity index (χ2n) is 3.56. The number of aliphatic carboxylic acids is 1. The first-order valence-electron chi connectivity index (χ1n) is 5.26. The van der Waals surface area contributed by atoms with Crippen molar-refractivity contribution in [3.05, 3.63) is 0 Å². The summed E-state index contributed by atoms with van der Waals surface area (Å²) in [5, 5.41) is 11.1. The fourth-order valence-electron chi connectivity index (χ4n) is 1.19. The summed E-state index contributed by atoms with van der Waals surface area (Å²) in [4.78, 5) is 32.6. The summed E-state index contributed by atoms with van der Waals surface area (Å²) in [7, 11) is 1.52. The Morgan fingerprint density at radius 3 is 2.47 bits per heavy atom. The average Bonchev–Trinajstić information content (AvgIpc) is 2.23. The van der Waals surface area contributed by atoms with Crippen molar-refractivity contribution in [2.45, 2.75) is 31.7 Å². The molecule has 0 aliphatic carbocycles. The molecule has 4 N–H and O–H groups in total. The van der Waals surface area contributed by atoms with Crippen LogP contribution >= 0.6 is 0 Å². The lowest BCUT2D eigenvalue weighted by Crippen LogP contribution is -2.41. The number of rotatable bonds is 9. The summed E-state index contributed by atoms with van der Waals surface area (Å²) in [6.45, 7) is 0.437. The maximum Gasteiger partial charge on any atom is 0.326 e. The molecule has 0 aromatic rings. The minimum atomic E-state index is -1.17. The van der Waals surface area contributed by atoms with Crippen LogP contribution in [0, 0.1) is 0 Å². The third kappa shape index (κ3) is 8.21. The number of nitrogens with one attached hydrogen (secondary N) is 1. The Kier molecular flexibility index (Phi) is 7.70. The highest BCUT2D eigenvalue weighted by Crippen LogP contribution is 1.99. The van der Waals surface area contributed by atoms with Gasteiger partial charge in [0.1, 0.15) is 6.04 Å². The molecule has 98 valence electrons. The highest BCUT2D eigenvalue weighted by molar-refractivity contribution is 5.84. The van der Waals surface area contributed by atoms with Gasteiger partial charge in [-0.05, 0) is 12.8 Å². The van der Waals surface area contributed by atoms with Crippen molar-refractivity contribution >= 4 is 17.8 Å². The van der Waals surface area contributed by atoms with E-state index < -0.39 is 17.9 Å². The molecule has 0 aromatic heterocycles. The van der Waals surface area contributed by atoms with E-state index in [-0.39, 0.29) is 25.2 Å². The van der Waals surface area contributed by atoms with Crippen LogP contribution in [0.5, 0.6) is 0 Å². The molecule has 0 rings (SSSR count). The van der Waals surface area contributed by atoms with Crippen molar-refractivity contribution in [3.8, 4) is 0 Å². The normalized spacial score (nSPS) is 11.8. The van der Waals surface area contributed by atoms with E-state index in [1.807, 2.05) is 0 Å². The number of primary amides is 1. The number of carboxylic acids is 1. The van der Waals surface area contributed by atoms with Gasteiger partial charge in [0.25, 0.3) is 0 Å². The predicted octanol–water partition coefficient (Wildman–Crippen LogP) is -0.752. The molecule has 17 heavy (non-hydrogen) atoms. The Morgan fingerprint density at radius 2 is 2.00 bits per heavy atom. The van der Waals surface area contributed by atoms with Crippen LogP contribution in [0.4, 0.5) is 0 Å². The smallest absolute Gasteiger partial charge is 0.326 e. The standard InChI is InChI=1S/C10H18N2O5/c1-17-6-2-3-9(14)12-7(10(15)16)4-5-8(11)13/h7H,2-6H2,1H3,(H2,11,13)(H,12,14)(H,15,16). The second kappa shape index (κ2) is 8.51. The number of methoxy groups -OCH3 is 1. The van der Waals surface area contributed by atoms with Crippen LogP contribution < -0.4 is 11.1 Å². The molecule has 0 saturated heterocycles. The Labute approximate surface area is 99.3 Å². The summed E-state index contributed by atoms with van der Waals surface area (Å²) in [6.07, 6.45) is 0.634. The predicted molar refractivity (Wildman–Crippen MR) is 59.1 cm³/mol. The van der Waals surface area contributed by atoms with E-state index in [0.29, 0.717) is 13.0 Å². The molecule has 1 unspecified atom stereocenters. The van der Waals surface area contributed by atoms with Crippen LogP contribution in [-0.4, -0.2) is 42.6 Å². The highest BCUT2D eigenvalue weighted by atomic mass is 16.5. The molecule has 7 heteroatoms. The maximum atomic E-state index is 11.3. The van der Waals surface area contributed by atoms with Gasteiger partial charge < -0.3 is 20.9 Å². The van der Waals surface area contributed by atoms with Crippen LogP contribution in [0.3, 0.4) is 0 Å². The molecule has 0 bridgehead atoms. The number of amides is 2. The van der Waals surface area contributed by atoms with E-state index in [9.17, 15) is 14.4 Å². The summed E-state index contributed by atoms with van der Waals surface area (Å²) in [6, 6.07) is -1.07. The fourth-order valence-corrected chi connectivity index (χ4v) is 1.19. The highest BCUT2D eigenvalue weighted by Gasteiger charge is 2.19. The molecule has 0 heterocycles. The first-order chi connectivity index (χ1) is 7.97. The van der Waals surface area contributed by atoms with Crippen LogP contribution in [0.25, 0.3) is 0 Å². The van der Waals surface area contributed by atoms with Crippen molar-refractivity contribution in [2.24, 2.45) is 5.73 Å². The zero-order valence-electron chi connectivity index (χ0n) is 9.77. The SMILES string of the molecule is COCCCC(=O)NC(CCC(N)=O)C(=O)O. The molecule has 0 aromatic carbocycles. The van der Waals surface area contributed by atoms with E-state index in [2.05, 4.69) is 5.32 Å². The van der Waals surface area contributed by atoms with E-state index >= 15 is 0 Å². The van der Waals surface area contributed by atoms with Gasteiger partial charge in [0.05, 0.1) is 0 Å². The lowest BCUT2D eigenvalue weighted by Gasteiger charge is -2.13. The minimum absolute atomic E-state index is 0.000679. The van der Waals surface area contributed by atoms with Crippen LogP contribution in [0.1, 0.15) is 25.7 Å². The number of nitrogens with two attached hydrogens (primary N) is 1. The van der Waals surface area contributed by atoms with E-state index in [1.165, 1.54) is 7.11 Å². The van der Waals surface area contributed by atoms with Gasteiger partial charge in [0.15, 0.2) is 0 Å². The number of carboxylic acid groups (broad SMARTS) is 1. The minimum Gasteiger partial charge on any atom is -0.480 e. The van der Waals surface area contributed by atoms with Gasteiger partial charge in [0, 0.05) is 26.6 Å². The van der Waals surface area contributed by atoms with Gasteiger partial charge in [-0.1, -0.05) is 0 Å². The molecular weight excluding hydrogens is 228 g/mol. The van der Waals surface area contributed by atoms with Crippen molar-refractivity contribution in [2.75, 3.05) is 13.7 Å². The Morgan fingerprint density at radius 1 is 1.35 bits per heavy atom. The van der Waals surface area contributed by atoms with E-state index in [0.717, 1.165) is 0 Å². The van der Waals surface area contributed by atoms with Gasteiger partial charge in [0.2, 0.25) is 11.8 Å². The summed E-state index contributed by atoms with van der Waals surface area (Å²) < 4.78 is 4.77. The molecule has 0 saturated carbocycles. The molecule has 0 aliphatic rings. The second-order valence-corrected chi connectivity index (χ2v) is 3.56. The first-order valence-corrected chi connectivity index (χ1v) is 5.26. The topological polar surface area (TPSA) is 119 Å². The van der Waals surface area contributed by atoms with Gasteiger partial charge in [-0.25, -0.2) is 4.79 Å². The van der Waals surface area contributed by atoms with Crippen molar-refractivity contribution in [1.29, 1.82) is 0 Å².